The molecular formula is C28H33N5OS. The van der Waals surface area contributed by atoms with Crippen molar-refractivity contribution in [1.29, 1.82) is 0 Å². The fourth-order valence-electron chi connectivity index (χ4n) is 5.47. The lowest BCUT2D eigenvalue weighted by atomic mass is 9.94. The molecule has 1 aromatic carbocycles. The lowest BCUT2D eigenvalue weighted by molar-refractivity contribution is -0.116. The van der Waals surface area contributed by atoms with Crippen LogP contribution in [0.25, 0.3) is 0 Å². The monoisotopic (exact) mass is 487 g/mol. The molecule has 2 aliphatic rings. The predicted molar refractivity (Wildman–Crippen MR) is 143 cm³/mol. The van der Waals surface area contributed by atoms with Gasteiger partial charge in [-0.2, -0.15) is 0 Å². The summed E-state index contributed by atoms with van der Waals surface area (Å²) in [7, 11) is 0. The number of rotatable bonds is 7. The highest BCUT2D eigenvalue weighted by Crippen LogP contribution is 2.41. The summed E-state index contributed by atoms with van der Waals surface area (Å²) in [6.07, 6.45) is 10.7. The number of thiocarbonyl (C=S) groups is 1. The minimum absolute atomic E-state index is 0.00945. The van der Waals surface area contributed by atoms with Crippen molar-refractivity contribution in [3.63, 3.8) is 0 Å². The standard InChI is InChI=1S/C28H33N5OS/c1-20-10-5-6-13-22(20)30-25(34)16-19-33-27(26(31-28(33)35)23-14-7-8-17-29-23)24-15-9-18-32(24)21-11-3-2-4-12-21/h5-10,13-15,17-18,21,26-27H,2-4,11-12,16,19H2,1H3,(H,30,34)(H,31,35)/t26-,27-/m1/s1. The molecule has 35 heavy (non-hydrogen) atoms. The largest absolute Gasteiger partial charge is 0.352 e. The van der Waals surface area contributed by atoms with E-state index in [1.807, 2.05) is 49.5 Å². The van der Waals surface area contributed by atoms with E-state index < -0.39 is 0 Å². The molecule has 1 aliphatic heterocycles. The first-order chi connectivity index (χ1) is 17.1. The van der Waals surface area contributed by atoms with Gasteiger partial charge in [0.1, 0.15) is 0 Å². The molecule has 2 N–H and O–H groups in total. The van der Waals surface area contributed by atoms with E-state index in [0.29, 0.717) is 24.1 Å². The van der Waals surface area contributed by atoms with Gasteiger partial charge in [-0.15, -0.1) is 0 Å². The topological polar surface area (TPSA) is 62.2 Å². The van der Waals surface area contributed by atoms with Gasteiger partial charge >= 0.3 is 0 Å². The maximum absolute atomic E-state index is 12.9. The molecule has 3 aromatic rings. The molecule has 6 nitrogen and oxygen atoms in total. The van der Waals surface area contributed by atoms with Crippen molar-refractivity contribution in [3.8, 4) is 0 Å². The van der Waals surface area contributed by atoms with E-state index in [1.54, 1.807) is 0 Å². The number of hydrogen-bond acceptors (Lipinski definition) is 3. The van der Waals surface area contributed by atoms with E-state index in [0.717, 1.165) is 16.9 Å². The lowest BCUT2D eigenvalue weighted by Crippen LogP contribution is -2.34. The summed E-state index contributed by atoms with van der Waals surface area (Å²) >= 11 is 5.82. The Labute approximate surface area is 212 Å². The first kappa shape index (κ1) is 23.5. The van der Waals surface area contributed by atoms with Gasteiger partial charge in [0.05, 0.1) is 17.8 Å². The third kappa shape index (κ3) is 5.10. The van der Waals surface area contributed by atoms with Crippen LogP contribution in [0, 0.1) is 6.92 Å². The minimum Gasteiger partial charge on any atom is -0.352 e. The molecule has 1 saturated heterocycles. The van der Waals surface area contributed by atoms with Gasteiger partial charge in [0.15, 0.2) is 5.11 Å². The smallest absolute Gasteiger partial charge is 0.226 e. The molecule has 7 heteroatoms. The highest BCUT2D eigenvalue weighted by Gasteiger charge is 2.41. The zero-order chi connectivity index (χ0) is 24.2. The second-order valence-corrected chi connectivity index (χ2v) is 9.95. The van der Waals surface area contributed by atoms with E-state index in [1.165, 1.54) is 37.8 Å². The Morgan fingerprint density at radius 1 is 1.09 bits per heavy atom. The van der Waals surface area contributed by atoms with Crippen molar-refractivity contribution in [1.82, 2.24) is 19.8 Å². The van der Waals surface area contributed by atoms with Crippen LogP contribution in [0.2, 0.25) is 0 Å². The Morgan fingerprint density at radius 2 is 1.89 bits per heavy atom. The number of amides is 1. The van der Waals surface area contributed by atoms with Crippen LogP contribution in [0.5, 0.6) is 0 Å². The van der Waals surface area contributed by atoms with Crippen LogP contribution in [-0.4, -0.2) is 32.0 Å². The van der Waals surface area contributed by atoms with Gasteiger partial charge in [-0.05, 0) is 67.9 Å². The van der Waals surface area contributed by atoms with Crippen molar-refractivity contribution in [3.05, 3.63) is 83.9 Å². The summed E-state index contributed by atoms with van der Waals surface area (Å²) in [6, 6.07) is 18.6. The molecule has 182 valence electrons. The number of nitrogens with zero attached hydrogens (tertiary/aromatic N) is 3. The van der Waals surface area contributed by atoms with Gasteiger partial charge in [0.25, 0.3) is 0 Å². The Kier molecular flexibility index (Phi) is 7.13. The van der Waals surface area contributed by atoms with Gasteiger partial charge in [-0.25, -0.2) is 0 Å². The lowest BCUT2D eigenvalue weighted by Gasteiger charge is -2.32. The van der Waals surface area contributed by atoms with E-state index in [4.69, 9.17) is 12.2 Å². The number of para-hydroxylation sites is 1. The summed E-state index contributed by atoms with van der Waals surface area (Å²) in [6.45, 7) is 2.54. The van der Waals surface area contributed by atoms with Crippen molar-refractivity contribution >= 4 is 28.9 Å². The molecule has 1 aliphatic carbocycles. The van der Waals surface area contributed by atoms with Crippen molar-refractivity contribution in [2.45, 2.75) is 63.6 Å². The Morgan fingerprint density at radius 3 is 2.66 bits per heavy atom. The summed E-state index contributed by atoms with van der Waals surface area (Å²) in [5, 5.41) is 7.25. The van der Waals surface area contributed by atoms with Gasteiger partial charge in [-0.1, -0.05) is 43.5 Å². The molecule has 1 saturated carbocycles. The first-order valence-corrected chi connectivity index (χ1v) is 13.0. The summed E-state index contributed by atoms with van der Waals surface area (Å²) in [5.41, 5.74) is 4.11. The second kappa shape index (κ2) is 10.6. The van der Waals surface area contributed by atoms with E-state index in [2.05, 4.69) is 49.5 Å². The van der Waals surface area contributed by atoms with Gasteiger partial charge < -0.3 is 20.1 Å². The normalized spacial score (nSPS) is 20.6. The Bertz CT molecular complexity index is 1170. The predicted octanol–water partition coefficient (Wildman–Crippen LogP) is 5.70. The number of nitrogens with one attached hydrogen (secondary N) is 2. The summed E-state index contributed by atoms with van der Waals surface area (Å²) in [5.74, 6) is -0.00945. The summed E-state index contributed by atoms with van der Waals surface area (Å²) < 4.78 is 2.45. The number of anilines is 1. The van der Waals surface area contributed by atoms with Crippen LogP contribution in [-0.2, 0) is 4.79 Å². The number of benzene rings is 1. The fourth-order valence-corrected chi connectivity index (χ4v) is 5.80. The molecule has 5 rings (SSSR count). The van der Waals surface area contributed by atoms with Crippen molar-refractivity contribution in [2.24, 2.45) is 0 Å². The maximum Gasteiger partial charge on any atom is 0.226 e. The number of hydrogen-bond donors (Lipinski definition) is 2. The van der Waals surface area contributed by atoms with Gasteiger partial charge in [-0.3, -0.25) is 9.78 Å². The molecule has 0 unspecified atom stereocenters. The Balaban J connectivity index is 1.40. The number of carbonyl (C=O) groups is 1. The molecule has 0 bridgehead atoms. The van der Waals surface area contributed by atoms with Crippen LogP contribution in [0.15, 0.2) is 67.0 Å². The zero-order valence-electron chi connectivity index (χ0n) is 20.2. The average Bonchev–Trinajstić information content (AvgIpc) is 3.49. The number of aryl methyl sites for hydroxylation is 1. The van der Waals surface area contributed by atoms with Crippen LogP contribution in [0.1, 0.15) is 73.6 Å². The van der Waals surface area contributed by atoms with Crippen molar-refractivity contribution in [2.75, 3.05) is 11.9 Å². The minimum atomic E-state index is -0.0691. The molecule has 1 amide bonds. The van der Waals surface area contributed by atoms with Gasteiger partial charge in [0.2, 0.25) is 5.91 Å². The first-order valence-electron chi connectivity index (χ1n) is 12.6. The highest BCUT2D eigenvalue weighted by molar-refractivity contribution is 7.80. The Hall–Kier alpha value is -3.19. The molecule has 2 aromatic heterocycles. The fraction of sp³-hybridized carbons (Fsp3) is 0.393. The number of pyridine rings is 1. The maximum atomic E-state index is 12.9. The molecule has 3 heterocycles. The van der Waals surface area contributed by atoms with Gasteiger partial charge in [0, 0.05) is 42.8 Å². The third-order valence-electron chi connectivity index (χ3n) is 7.28. The van der Waals surface area contributed by atoms with Crippen LogP contribution < -0.4 is 10.6 Å². The van der Waals surface area contributed by atoms with Crippen LogP contribution in [0.3, 0.4) is 0 Å². The highest BCUT2D eigenvalue weighted by atomic mass is 32.1. The third-order valence-corrected chi connectivity index (χ3v) is 7.63. The average molecular weight is 488 g/mol. The van der Waals surface area contributed by atoms with Crippen LogP contribution >= 0.6 is 12.2 Å². The van der Waals surface area contributed by atoms with E-state index in [9.17, 15) is 4.79 Å². The quantitative estimate of drug-likeness (QED) is 0.419. The van der Waals surface area contributed by atoms with E-state index >= 15 is 0 Å². The molecule has 2 atom stereocenters. The molecule has 0 radical (unpaired) electrons. The van der Waals surface area contributed by atoms with E-state index in [-0.39, 0.29) is 18.0 Å². The van der Waals surface area contributed by atoms with Crippen molar-refractivity contribution < 1.29 is 4.79 Å². The number of aromatic nitrogens is 2. The number of carbonyl (C=O) groups excluding carboxylic acids is 1. The SMILES string of the molecule is Cc1ccccc1NC(=O)CCN1C(=S)N[C@H](c2ccccn2)[C@H]1c1cccn1C1CCCCC1. The molecular weight excluding hydrogens is 454 g/mol. The second-order valence-electron chi connectivity index (χ2n) is 9.57. The molecule has 2 fully saturated rings. The summed E-state index contributed by atoms with van der Waals surface area (Å²) in [4.78, 5) is 19.7. The van der Waals surface area contributed by atoms with Crippen LogP contribution in [0.4, 0.5) is 5.69 Å². The molecule has 0 spiro atoms. The zero-order valence-corrected chi connectivity index (χ0v) is 21.0.